The second kappa shape index (κ2) is 8.02. The van der Waals surface area contributed by atoms with E-state index in [4.69, 9.17) is 0 Å². The summed E-state index contributed by atoms with van der Waals surface area (Å²) in [7, 11) is 1.22. The number of aliphatic hydroxyl groups is 2. The molecule has 0 aromatic carbocycles. The Hall–Kier alpha value is -1.18. The molecule has 0 bridgehead atoms. The van der Waals surface area contributed by atoms with E-state index in [2.05, 4.69) is 15.4 Å². The lowest BCUT2D eigenvalue weighted by Crippen LogP contribution is -2.57. The topological polar surface area (TPSA) is 108 Å². The Balaban J connectivity index is 4.58. The van der Waals surface area contributed by atoms with Crippen LogP contribution in [0.2, 0.25) is 0 Å². The summed E-state index contributed by atoms with van der Waals surface area (Å²) in [5, 5.41) is 23.8. The maximum atomic E-state index is 11.4. The number of amides is 1. The second-order valence-corrected chi connectivity index (χ2v) is 4.11. The van der Waals surface area contributed by atoms with Crippen molar-refractivity contribution in [2.45, 2.75) is 31.8 Å². The number of aliphatic hydroxyl groups excluding tert-OH is 2. The van der Waals surface area contributed by atoms with Gasteiger partial charge >= 0.3 is 5.97 Å². The summed E-state index contributed by atoms with van der Waals surface area (Å²) >= 11 is 0. The maximum absolute atomic E-state index is 11.4. The van der Waals surface area contributed by atoms with Gasteiger partial charge in [-0.2, -0.15) is 0 Å². The van der Waals surface area contributed by atoms with Crippen LogP contribution in [0.25, 0.3) is 0 Å². The van der Waals surface area contributed by atoms with Gasteiger partial charge in [-0.05, 0) is 6.42 Å². The van der Waals surface area contributed by atoms with Gasteiger partial charge in [0.2, 0.25) is 5.91 Å². The summed E-state index contributed by atoms with van der Waals surface area (Å²) in [5.74, 6) is -0.944. The summed E-state index contributed by atoms with van der Waals surface area (Å²) < 4.78 is 4.56. The van der Waals surface area contributed by atoms with Crippen molar-refractivity contribution in [3.63, 3.8) is 0 Å². The van der Waals surface area contributed by atoms with Gasteiger partial charge in [0.25, 0.3) is 0 Å². The van der Waals surface area contributed by atoms with Crippen molar-refractivity contribution < 1.29 is 24.5 Å². The monoisotopic (exact) mass is 262 g/mol. The van der Waals surface area contributed by atoms with Gasteiger partial charge in [-0.15, -0.1) is 0 Å². The molecule has 0 aliphatic heterocycles. The lowest BCUT2D eigenvalue weighted by molar-refractivity contribution is -0.144. The summed E-state index contributed by atoms with van der Waals surface area (Å²) in [6.45, 7) is 2.62. The van der Waals surface area contributed by atoms with E-state index in [0.717, 1.165) is 0 Å². The van der Waals surface area contributed by atoms with Gasteiger partial charge in [0.05, 0.1) is 25.9 Å². The smallest absolute Gasteiger partial charge is 0.329 e. The number of methoxy groups -OCH3 is 1. The van der Waals surface area contributed by atoms with Crippen molar-refractivity contribution in [2.24, 2.45) is 0 Å². The molecule has 0 aromatic rings. The molecular formula is C11H22N2O5. The Morgan fingerprint density at radius 2 is 1.89 bits per heavy atom. The Morgan fingerprint density at radius 1 is 1.33 bits per heavy atom. The van der Waals surface area contributed by atoms with Gasteiger partial charge in [0.15, 0.2) is 0 Å². The first-order valence-electron chi connectivity index (χ1n) is 5.76. The van der Waals surface area contributed by atoms with Gasteiger partial charge < -0.3 is 25.6 Å². The normalized spacial score (nSPS) is 12.9. The molecule has 0 aliphatic carbocycles. The minimum absolute atomic E-state index is 0.0706. The van der Waals surface area contributed by atoms with Crippen molar-refractivity contribution in [3.05, 3.63) is 0 Å². The molecule has 18 heavy (non-hydrogen) atoms. The Labute approximate surface area is 107 Å². The van der Waals surface area contributed by atoms with Crippen LogP contribution in [0.5, 0.6) is 0 Å². The SMILES string of the molecule is CCC(CO)(CO)NCC(NC(C)=O)C(=O)OC. The molecule has 0 aromatic heterocycles. The van der Waals surface area contributed by atoms with Gasteiger partial charge in [-0.25, -0.2) is 4.79 Å². The number of rotatable bonds is 8. The predicted octanol–water partition coefficient (Wildman–Crippen LogP) is -1.61. The van der Waals surface area contributed by atoms with Gasteiger partial charge in [-0.3, -0.25) is 4.79 Å². The molecule has 0 fully saturated rings. The highest BCUT2D eigenvalue weighted by atomic mass is 16.5. The lowest BCUT2D eigenvalue weighted by Gasteiger charge is -2.31. The molecule has 0 radical (unpaired) electrons. The largest absolute Gasteiger partial charge is 0.467 e. The number of hydrogen-bond donors (Lipinski definition) is 4. The zero-order valence-corrected chi connectivity index (χ0v) is 11.0. The molecule has 0 heterocycles. The molecule has 106 valence electrons. The predicted molar refractivity (Wildman–Crippen MR) is 64.8 cm³/mol. The van der Waals surface area contributed by atoms with Crippen molar-refractivity contribution in [1.82, 2.24) is 10.6 Å². The van der Waals surface area contributed by atoms with Crippen LogP contribution in [0, 0.1) is 0 Å². The van der Waals surface area contributed by atoms with Crippen LogP contribution in [-0.2, 0) is 14.3 Å². The van der Waals surface area contributed by atoms with Crippen LogP contribution in [-0.4, -0.2) is 60.5 Å². The summed E-state index contributed by atoms with van der Waals surface area (Å²) in [5.41, 5.74) is -0.870. The Kier molecular flexibility index (Phi) is 7.49. The highest BCUT2D eigenvalue weighted by Crippen LogP contribution is 2.08. The standard InChI is InChI=1S/C11H22N2O5/c1-4-11(6-14,7-15)12-5-9(10(17)18-3)13-8(2)16/h9,12,14-15H,4-7H2,1-3H3,(H,13,16). The van der Waals surface area contributed by atoms with Crippen LogP contribution in [0.3, 0.4) is 0 Å². The third kappa shape index (κ3) is 4.99. The average Bonchev–Trinajstić information content (AvgIpc) is 2.38. The molecule has 1 amide bonds. The average molecular weight is 262 g/mol. The zero-order valence-electron chi connectivity index (χ0n) is 11.0. The van der Waals surface area contributed by atoms with Crippen molar-refractivity contribution >= 4 is 11.9 Å². The fourth-order valence-electron chi connectivity index (χ4n) is 1.41. The summed E-state index contributed by atoms with van der Waals surface area (Å²) in [4.78, 5) is 22.4. The molecule has 7 heteroatoms. The number of hydrogen-bond acceptors (Lipinski definition) is 6. The molecule has 0 aliphatic rings. The van der Waals surface area contributed by atoms with Crippen LogP contribution in [0.15, 0.2) is 0 Å². The van der Waals surface area contributed by atoms with Crippen LogP contribution in [0.4, 0.5) is 0 Å². The number of carbonyl (C=O) groups excluding carboxylic acids is 2. The third-order valence-electron chi connectivity index (χ3n) is 2.83. The van der Waals surface area contributed by atoms with E-state index < -0.39 is 17.6 Å². The minimum Gasteiger partial charge on any atom is -0.467 e. The van der Waals surface area contributed by atoms with Crippen LogP contribution >= 0.6 is 0 Å². The van der Waals surface area contributed by atoms with E-state index in [1.807, 2.05) is 0 Å². The van der Waals surface area contributed by atoms with Crippen molar-refractivity contribution in [1.29, 1.82) is 0 Å². The molecular weight excluding hydrogens is 240 g/mol. The van der Waals surface area contributed by atoms with Crippen LogP contribution in [0.1, 0.15) is 20.3 Å². The molecule has 0 saturated heterocycles. The van der Waals surface area contributed by atoms with Crippen LogP contribution < -0.4 is 10.6 Å². The second-order valence-electron chi connectivity index (χ2n) is 4.11. The quantitative estimate of drug-likeness (QED) is 0.392. The van der Waals surface area contributed by atoms with Gasteiger partial charge in [0, 0.05) is 13.5 Å². The number of esters is 1. The molecule has 0 saturated carbocycles. The van der Waals surface area contributed by atoms with Crippen molar-refractivity contribution in [2.75, 3.05) is 26.9 Å². The zero-order chi connectivity index (χ0) is 14.2. The van der Waals surface area contributed by atoms with Gasteiger partial charge in [0.1, 0.15) is 6.04 Å². The fraction of sp³-hybridized carbons (Fsp3) is 0.818. The Morgan fingerprint density at radius 3 is 2.22 bits per heavy atom. The molecule has 0 spiro atoms. The lowest BCUT2D eigenvalue weighted by atomic mass is 9.98. The highest BCUT2D eigenvalue weighted by Gasteiger charge is 2.29. The van der Waals surface area contributed by atoms with Gasteiger partial charge in [-0.1, -0.05) is 6.92 Å². The summed E-state index contributed by atoms with van der Waals surface area (Å²) in [6.07, 6.45) is 0.480. The van der Waals surface area contributed by atoms with Crippen molar-refractivity contribution in [3.8, 4) is 0 Å². The molecule has 4 N–H and O–H groups in total. The molecule has 7 nitrogen and oxygen atoms in total. The molecule has 0 rings (SSSR count). The number of ether oxygens (including phenoxy) is 1. The Bertz CT molecular complexity index is 270. The third-order valence-corrected chi connectivity index (χ3v) is 2.83. The maximum Gasteiger partial charge on any atom is 0.329 e. The van der Waals surface area contributed by atoms with E-state index in [0.29, 0.717) is 6.42 Å². The number of nitrogens with one attached hydrogen (secondary N) is 2. The fourth-order valence-corrected chi connectivity index (χ4v) is 1.41. The van der Waals surface area contributed by atoms with E-state index in [1.165, 1.54) is 14.0 Å². The first kappa shape index (κ1) is 16.8. The van der Waals surface area contributed by atoms with E-state index in [1.54, 1.807) is 6.92 Å². The first-order valence-corrected chi connectivity index (χ1v) is 5.76. The number of carbonyl (C=O) groups is 2. The molecule has 1 atom stereocenters. The van der Waals surface area contributed by atoms with E-state index in [9.17, 15) is 19.8 Å². The highest BCUT2D eigenvalue weighted by molar-refractivity contribution is 5.83. The van der Waals surface area contributed by atoms with E-state index in [-0.39, 0.29) is 25.7 Å². The first-order chi connectivity index (χ1) is 8.44. The van der Waals surface area contributed by atoms with E-state index >= 15 is 0 Å². The molecule has 1 unspecified atom stereocenters. The minimum atomic E-state index is -0.870. The summed E-state index contributed by atoms with van der Waals surface area (Å²) in [6, 6.07) is -0.850.